The third kappa shape index (κ3) is 4.47. The molecule has 1 atom stereocenters. The van der Waals surface area contributed by atoms with Crippen LogP contribution in [0.4, 0.5) is 4.79 Å². The Morgan fingerprint density at radius 1 is 1.04 bits per heavy atom. The van der Waals surface area contributed by atoms with E-state index in [0.29, 0.717) is 6.54 Å². The van der Waals surface area contributed by atoms with Gasteiger partial charge in [0.25, 0.3) is 0 Å². The highest BCUT2D eigenvalue weighted by molar-refractivity contribution is 5.74. The molecule has 26 heavy (non-hydrogen) atoms. The molecule has 0 aliphatic carbocycles. The van der Waals surface area contributed by atoms with Crippen LogP contribution in [-0.2, 0) is 13.5 Å². The smallest absolute Gasteiger partial charge is 0.315 e. The molecule has 3 rings (SSSR count). The maximum Gasteiger partial charge on any atom is 0.315 e. The molecule has 2 amide bonds. The van der Waals surface area contributed by atoms with Gasteiger partial charge in [0.2, 0.25) is 0 Å². The highest BCUT2D eigenvalue weighted by Crippen LogP contribution is 2.21. The summed E-state index contributed by atoms with van der Waals surface area (Å²) in [6, 6.07) is 13.9. The summed E-state index contributed by atoms with van der Waals surface area (Å²) in [5.74, 6) is 0. The maximum atomic E-state index is 12.1. The highest BCUT2D eigenvalue weighted by atomic mass is 16.2. The second kappa shape index (κ2) is 8.29. The zero-order valence-electron chi connectivity index (χ0n) is 15.0. The zero-order chi connectivity index (χ0) is 18.4. The predicted octanol–water partition coefficient (Wildman–Crippen LogP) is 3.09. The molecule has 2 aromatic heterocycles. The lowest BCUT2D eigenvalue weighted by atomic mass is 10.0. The minimum Gasteiger partial charge on any atom is -0.338 e. The number of aromatic nitrogens is 3. The van der Waals surface area contributed by atoms with Gasteiger partial charge in [0.05, 0.1) is 6.04 Å². The van der Waals surface area contributed by atoms with E-state index in [4.69, 9.17) is 0 Å². The molecule has 1 aromatic carbocycles. The summed E-state index contributed by atoms with van der Waals surface area (Å²) >= 11 is 0. The number of hydrogen-bond acceptors (Lipinski definition) is 3. The van der Waals surface area contributed by atoms with Crippen LogP contribution >= 0.6 is 0 Å². The number of urea groups is 1. The Bertz CT molecular complexity index is 842. The molecule has 2 N–H and O–H groups in total. The van der Waals surface area contributed by atoms with E-state index in [9.17, 15) is 4.79 Å². The van der Waals surface area contributed by atoms with Crippen LogP contribution in [0.2, 0.25) is 0 Å². The average Bonchev–Trinajstić information content (AvgIpc) is 3.07. The molecule has 2 heterocycles. The van der Waals surface area contributed by atoms with Crippen molar-refractivity contribution in [1.82, 2.24) is 25.4 Å². The van der Waals surface area contributed by atoms with E-state index in [1.54, 1.807) is 18.6 Å². The zero-order valence-corrected chi connectivity index (χ0v) is 15.0. The number of aryl methyl sites for hydroxylation is 1. The van der Waals surface area contributed by atoms with Gasteiger partial charge in [-0.2, -0.15) is 5.10 Å². The van der Waals surface area contributed by atoms with Gasteiger partial charge in [-0.15, -0.1) is 0 Å². The minimum atomic E-state index is -0.169. The summed E-state index contributed by atoms with van der Waals surface area (Å²) in [5.41, 5.74) is 4.40. The molecule has 0 radical (unpaired) electrons. The summed E-state index contributed by atoms with van der Waals surface area (Å²) in [4.78, 5) is 16.1. The van der Waals surface area contributed by atoms with Gasteiger partial charge in [0.15, 0.2) is 0 Å². The molecule has 0 saturated carbocycles. The van der Waals surface area contributed by atoms with Crippen molar-refractivity contribution in [3.8, 4) is 11.1 Å². The third-order valence-electron chi connectivity index (χ3n) is 4.36. The highest BCUT2D eigenvalue weighted by Gasteiger charge is 2.09. The Morgan fingerprint density at radius 3 is 2.38 bits per heavy atom. The quantitative estimate of drug-likeness (QED) is 0.718. The van der Waals surface area contributed by atoms with E-state index in [0.717, 1.165) is 28.8 Å². The van der Waals surface area contributed by atoms with Crippen molar-refractivity contribution in [3.63, 3.8) is 0 Å². The van der Waals surface area contributed by atoms with Crippen molar-refractivity contribution < 1.29 is 4.79 Å². The predicted molar refractivity (Wildman–Crippen MR) is 102 cm³/mol. The number of nitrogens with one attached hydrogen (secondary N) is 2. The number of benzene rings is 1. The van der Waals surface area contributed by atoms with E-state index in [1.807, 2.05) is 49.0 Å². The summed E-state index contributed by atoms with van der Waals surface area (Å²) in [6.45, 7) is 2.54. The average molecular weight is 349 g/mol. The number of amides is 2. The topological polar surface area (TPSA) is 71.8 Å². The first-order valence-electron chi connectivity index (χ1n) is 8.65. The van der Waals surface area contributed by atoms with E-state index in [2.05, 4.69) is 32.8 Å². The van der Waals surface area contributed by atoms with Crippen LogP contribution in [0.15, 0.2) is 61.1 Å². The Morgan fingerprint density at radius 2 is 1.73 bits per heavy atom. The number of rotatable bonds is 6. The first kappa shape index (κ1) is 17.7. The van der Waals surface area contributed by atoms with Gasteiger partial charge in [0.1, 0.15) is 0 Å². The van der Waals surface area contributed by atoms with E-state index >= 15 is 0 Å². The lowest BCUT2D eigenvalue weighted by molar-refractivity contribution is 0.238. The third-order valence-corrected chi connectivity index (χ3v) is 4.36. The largest absolute Gasteiger partial charge is 0.338 e. The molecule has 0 aliphatic rings. The van der Waals surface area contributed by atoms with Crippen LogP contribution in [0.25, 0.3) is 11.1 Å². The normalized spacial score (nSPS) is 11.8. The van der Waals surface area contributed by atoms with E-state index < -0.39 is 0 Å². The van der Waals surface area contributed by atoms with Crippen LogP contribution < -0.4 is 10.6 Å². The number of pyridine rings is 1. The molecule has 3 aromatic rings. The Hall–Kier alpha value is -3.15. The van der Waals surface area contributed by atoms with Crippen LogP contribution in [0.5, 0.6) is 0 Å². The van der Waals surface area contributed by atoms with Crippen molar-refractivity contribution in [3.05, 3.63) is 72.3 Å². The van der Waals surface area contributed by atoms with E-state index in [-0.39, 0.29) is 12.1 Å². The van der Waals surface area contributed by atoms with Crippen LogP contribution in [-0.4, -0.2) is 27.3 Å². The number of hydrogen-bond donors (Lipinski definition) is 2. The molecule has 6 heteroatoms. The maximum absolute atomic E-state index is 12.1. The van der Waals surface area contributed by atoms with Gasteiger partial charge in [-0.05, 0) is 41.8 Å². The lowest BCUT2D eigenvalue weighted by Gasteiger charge is -2.15. The second-order valence-electron chi connectivity index (χ2n) is 6.18. The molecular formula is C20H23N5O. The monoisotopic (exact) mass is 349 g/mol. The Balaban J connectivity index is 1.50. The summed E-state index contributed by atoms with van der Waals surface area (Å²) in [7, 11) is 1.90. The lowest BCUT2D eigenvalue weighted by Crippen LogP contribution is -2.38. The molecule has 0 fully saturated rings. The molecule has 134 valence electrons. The van der Waals surface area contributed by atoms with Crippen molar-refractivity contribution in [2.45, 2.75) is 19.4 Å². The summed E-state index contributed by atoms with van der Waals surface area (Å²) in [5, 5.41) is 9.97. The standard InChI is InChI=1S/C20H23N5O/c1-15(24-20(26)22-13-9-19-10-14-23-25(19)2)16-3-5-17(6-4-16)18-7-11-21-12-8-18/h3-8,10-12,14-15H,9,13H2,1-2H3,(H2,22,24,26)/t15-/m0/s1. The van der Waals surface area contributed by atoms with Crippen LogP contribution in [0, 0.1) is 0 Å². The fourth-order valence-corrected chi connectivity index (χ4v) is 2.79. The first-order valence-corrected chi connectivity index (χ1v) is 8.65. The number of nitrogens with zero attached hydrogens (tertiary/aromatic N) is 3. The summed E-state index contributed by atoms with van der Waals surface area (Å²) < 4.78 is 1.81. The first-order chi connectivity index (χ1) is 12.6. The fraction of sp³-hybridized carbons (Fsp3) is 0.250. The van der Waals surface area contributed by atoms with Crippen molar-refractivity contribution in [2.24, 2.45) is 7.05 Å². The van der Waals surface area contributed by atoms with Gasteiger partial charge < -0.3 is 10.6 Å². The molecule has 0 unspecified atom stereocenters. The van der Waals surface area contributed by atoms with Gasteiger partial charge >= 0.3 is 6.03 Å². The number of carbonyl (C=O) groups excluding carboxylic acids is 1. The van der Waals surface area contributed by atoms with Crippen molar-refractivity contribution in [1.29, 1.82) is 0 Å². The van der Waals surface area contributed by atoms with Crippen LogP contribution in [0.3, 0.4) is 0 Å². The van der Waals surface area contributed by atoms with Gasteiger partial charge in [-0.3, -0.25) is 9.67 Å². The van der Waals surface area contributed by atoms with E-state index in [1.165, 1.54) is 0 Å². The number of carbonyl (C=O) groups is 1. The van der Waals surface area contributed by atoms with Gasteiger partial charge in [0, 0.05) is 44.3 Å². The molecule has 0 spiro atoms. The SMILES string of the molecule is C[C@H](NC(=O)NCCc1ccnn1C)c1ccc(-c2ccncc2)cc1. The molecule has 0 bridgehead atoms. The Labute approximate surface area is 153 Å². The van der Waals surface area contributed by atoms with Gasteiger partial charge in [-0.1, -0.05) is 24.3 Å². The molecule has 6 nitrogen and oxygen atoms in total. The summed E-state index contributed by atoms with van der Waals surface area (Å²) in [6.07, 6.45) is 6.07. The Kier molecular flexibility index (Phi) is 5.63. The molecule has 0 saturated heterocycles. The fourth-order valence-electron chi connectivity index (χ4n) is 2.79. The molecular weight excluding hydrogens is 326 g/mol. The molecule has 0 aliphatic heterocycles. The second-order valence-corrected chi connectivity index (χ2v) is 6.18. The van der Waals surface area contributed by atoms with Crippen molar-refractivity contribution in [2.75, 3.05) is 6.54 Å². The van der Waals surface area contributed by atoms with Gasteiger partial charge in [-0.25, -0.2) is 4.79 Å². The van der Waals surface area contributed by atoms with Crippen LogP contribution in [0.1, 0.15) is 24.2 Å². The van der Waals surface area contributed by atoms with Crippen molar-refractivity contribution >= 4 is 6.03 Å². The minimum absolute atomic E-state index is 0.0711.